The van der Waals surface area contributed by atoms with Gasteiger partial charge in [-0.1, -0.05) is 19.8 Å². The molecule has 1 aliphatic carbocycles. The van der Waals surface area contributed by atoms with E-state index in [2.05, 4.69) is 32.0 Å². The molecule has 3 rings (SSSR count). The summed E-state index contributed by atoms with van der Waals surface area (Å²) >= 11 is 5.63. The second kappa shape index (κ2) is 7.22. The number of rotatable bonds is 2. The number of nitrogens with one attached hydrogen (secondary N) is 1. The fraction of sp³-hybridized carbons (Fsp3) is 0.688. The van der Waals surface area contributed by atoms with Gasteiger partial charge in [-0.15, -0.1) is 0 Å². The molecule has 22 heavy (non-hydrogen) atoms. The van der Waals surface area contributed by atoms with Gasteiger partial charge in [0.1, 0.15) is 0 Å². The number of piperazine rings is 1. The molecule has 6 heteroatoms. The molecule has 1 N–H and O–H groups in total. The van der Waals surface area contributed by atoms with Crippen LogP contribution in [-0.4, -0.2) is 52.2 Å². The predicted molar refractivity (Wildman–Crippen MR) is 93.0 cm³/mol. The van der Waals surface area contributed by atoms with Crippen LogP contribution >= 0.6 is 12.2 Å². The van der Waals surface area contributed by atoms with E-state index in [0.717, 1.165) is 43.2 Å². The lowest BCUT2D eigenvalue weighted by molar-refractivity contribution is 0.293. The lowest BCUT2D eigenvalue weighted by Crippen LogP contribution is -2.54. The zero-order chi connectivity index (χ0) is 15.4. The summed E-state index contributed by atoms with van der Waals surface area (Å²) < 4.78 is 0. The van der Waals surface area contributed by atoms with Crippen LogP contribution in [0, 0.1) is 5.92 Å². The molecule has 2 heterocycles. The maximum atomic E-state index is 5.63. The van der Waals surface area contributed by atoms with E-state index in [0.29, 0.717) is 6.04 Å². The van der Waals surface area contributed by atoms with Gasteiger partial charge in [0.15, 0.2) is 5.11 Å². The van der Waals surface area contributed by atoms with Crippen molar-refractivity contribution in [1.82, 2.24) is 20.2 Å². The average molecular weight is 319 g/mol. The minimum Gasteiger partial charge on any atom is -0.360 e. The van der Waals surface area contributed by atoms with Crippen LogP contribution in [0.2, 0.25) is 0 Å². The highest BCUT2D eigenvalue weighted by Gasteiger charge is 2.25. The number of anilines is 1. The Hall–Kier alpha value is -1.43. The topological polar surface area (TPSA) is 44.3 Å². The molecular formula is C16H25N5S. The van der Waals surface area contributed by atoms with E-state index in [1.807, 2.05) is 6.07 Å². The maximum absolute atomic E-state index is 5.63. The van der Waals surface area contributed by atoms with E-state index in [4.69, 9.17) is 12.2 Å². The van der Waals surface area contributed by atoms with E-state index in [1.165, 1.54) is 25.7 Å². The molecule has 0 unspecified atom stereocenters. The summed E-state index contributed by atoms with van der Waals surface area (Å²) in [6, 6.07) is 2.40. The van der Waals surface area contributed by atoms with Gasteiger partial charge in [-0.3, -0.25) is 0 Å². The van der Waals surface area contributed by atoms with Crippen molar-refractivity contribution >= 4 is 23.3 Å². The zero-order valence-corrected chi connectivity index (χ0v) is 14.1. The van der Waals surface area contributed by atoms with E-state index in [9.17, 15) is 0 Å². The third-order valence-electron chi connectivity index (χ3n) is 4.82. The Bertz CT molecular complexity index is 487. The monoisotopic (exact) mass is 319 g/mol. The van der Waals surface area contributed by atoms with Gasteiger partial charge >= 0.3 is 0 Å². The van der Waals surface area contributed by atoms with Crippen molar-refractivity contribution in [2.45, 2.75) is 38.6 Å². The van der Waals surface area contributed by atoms with Crippen molar-refractivity contribution in [2.75, 3.05) is 31.1 Å². The zero-order valence-electron chi connectivity index (χ0n) is 13.2. The van der Waals surface area contributed by atoms with Gasteiger partial charge in [-0.2, -0.15) is 0 Å². The molecule has 5 nitrogen and oxygen atoms in total. The van der Waals surface area contributed by atoms with Crippen LogP contribution in [0.1, 0.15) is 32.6 Å². The Morgan fingerprint density at radius 3 is 2.50 bits per heavy atom. The lowest BCUT2D eigenvalue weighted by atomic mass is 9.86. The highest BCUT2D eigenvalue weighted by atomic mass is 32.1. The largest absolute Gasteiger partial charge is 0.360 e. The Morgan fingerprint density at radius 1 is 1.14 bits per heavy atom. The molecule has 0 radical (unpaired) electrons. The number of nitrogens with zero attached hydrogens (tertiary/aromatic N) is 4. The Balaban J connectivity index is 1.49. The van der Waals surface area contributed by atoms with Crippen LogP contribution in [-0.2, 0) is 0 Å². The van der Waals surface area contributed by atoms with Crippen LogP contribution in [0.3, 0.4) is 0 Å². The van der Waals surface area contributed by atoms with Crippen LogP contribution in [0.25, 0.3) is 0 Å². The first-order chi connectivity index (χ1) is 10.7. The van der Waals surface area contributed by atoms with Crippen molar-refractivity contribution in [2.24, 2.45) is 5.92 Å². The molecule has 2 fully saturated rings. The molecule has 2 atom stereocenters. The van der Waals surface area contributed by atoms with Gasteiger partial charge in [-0.25, -0.2) is 9.97 Å². The minimum absolute atomic E-state index is 0.553. The molecule has 1 aromatic rings. The number of hydrogen-bond acceptors (Lipinski definition) is 4. The number of aromatic nitrogens is 2. The van der Waals surface area contributed by atoms with Crippen molar-refractivity contribution in [3.8, 4) is 0 Å². The third-order valence-corrected chi connectivity index (χ3v) is 5.20. The molecule has 0 spiro atoms. The van der Waals surface area contributed by atoms with Crippen molar-refractivity contribution in [3.63, 3.8) is 0 Å². The standard InChI is InChI=1S/C16H25N5S/c1-13-5-2-3-6-14(13)19-16(22)21-11-9-20(10-12-21)15-17-7-4-8-18-15/h4,7-8,13-14H,2-3,5-6,9-12H2,1H3,(H,19,22)/t13-,14-/m1/s1. The second-order valence-corrected chi connectivity index (χ2v) is 6.73. The van der Waals surface area contributed by atoms with Crippen molar-refractivity contribution < 1.29 is 0 Å². The van der Waals surface area contributed by atoms with E-state index < -0.39 is 0 Å². The summed E-state index contributed by atoms with van der Waals surface area (Å²) in [5.41, 5.74) is 0. The molecule has 1 saturated heterocycles. The first kappa shape index (κ1) is 15.5. The van der Waals surface area contributed by atoms with Gasteiger partial charge in [0.05, 0.1) is 0 Å². The van der Waals surface area contributed by atoms with Gasteiger partial charge < -0.3 is 15.1 Å². The average Bonchev–Trinajstić information content (AvgIpc) is 2.58. The molecular weight excluding hydrogens is 294 g/mol. The Kier molecular flexibility index (Phi) is 5.08. The van der Waals surface area contributed by atoms with Gasteiger partial charge in [0, 0.05) is 44.6 Å². The van der Waals surface area contributed by atoms with E-state index in [1.54, 1.807) is 12.4 Å². The normalized spacial score (nSPS) is 25.9. The van der Waals surface area contributed by atoms with Crippen LogP contribution in [0.5, 0.6) is 0 Å². The van der Waals surface area contributed by atoms with Gasteiger partial charge in [0.25, 0.3) is 0 Å². The smallest absolute Gasteiger partial charge is 0.225 e. The first-order valence-electron chi connectivity index (χ1n) is 8.31. The molecule has 0 aromatic carbocycles. The lowest BCUT2D eigenvalue weighted by Gasteiger charge is -2.38. The van der Waals surface area contributed by atoms with Crippen molar-refractivity contribution in [3.05, 3.63) is 18.5 Å². The summed E-state index contributed by atoms with van der Waals surface area (Å²) in [4.78, 5) is 13.2. The molecule has 2 aliphatic rings. The first-order valence-corrected chi connectivity index (χ1v) is 8.72. The molecule has 120 valence electrons. The van der Waals surface area contributed by atoms with Crippen molar-refractivity contribution in [1.29, 1.82) is 0 Å². The summed E-state index contributed by atoms with van der Waals surface area (Å²) in [5, 5.41) is 4.52. The predicted octanol–water partition coefficient (Wildman–Crippen LogP) is 2.05. The fourth-order valence-corrected chi connectivity index (χ4v) is 3.68. The van der Waals surface area contributed by atoms with Crippen LogP contribution < -0.4 is 10.2 Å². The summed E-state index contributed by atoms with van der Waals surface area (Å²) in [7, 11) is 0. The van der Waals surface area contributed by atoms with Crippen LogP contribution in [0.4, 0.5) is 5.95 Å². The van der Waals surface area contributed by atoms with Crippen LogP contribution in [0.15, 0.2) is 18.5 Å². The fourth-order valence-electron chi connectivity index (χ4n) is 3.34. The third kappa shape index (κ3) is 3.66. The summed E-state index contributed by atoms with van der Waals surface area (Å²) in [5.74, 6) is 1.55. The highest BCUT2D eigenvalue weighted by molar-refractivity contribution is 7.80. The van der Waals surface area contributed by atoms with Gasteiger partial charge in [0.2, 0.25) is 5.95 Å². The minimum atomic E-state index is 0.553. The quantitative estimate of drug-likeness (QED) is 0.842. The van der Waals surface area contributed by atoms with E-state index >= 15 is 0 Å². The second-order valence-electron chi connectivity index (χ2n) is 6.34. The molecule has 1 aliphatic heterocycles. The number of thiocarbonyl (C=S) groups is 1. The SMILES string of the molecule is C[C@@H]1CCCC[C@H]1NC(=S)N1CCN(c2ncccn2)CC1. The molecule has 0 amide bonds. The van der Waals surface area contributed by atoms with E-state index in [-0.39, 0.29) is 0 Å². The summed E-state index contributed by atoms with van der Waals surface area (Å²) in [6.45, 7) is 6.05. The maximum Gasteiger partial charge on any atom is 0.225 e. The molecule has 0 bridgehead atoms. The Morgan fingerprint density at radius 2 is 1.82 bits per heavy atom. The highest BCUT2D eigenvalue weighted by Crippen LogP contribution is 2.24. The van der Waals surface area contributed by atoms with Gasteiger partial charge in [-0.05, 0) is 37.0 Å². The molecule has 1 saturated carbocycles. The number of hydrogen-bond donors (Lipinski definition) is 1. The Labute approximate surface area is 138 Å². The molecule has 1 aromatic heterocycles. The summed E-state index contributed by atoms with van der Waals surface area (Å²) in [6.07, 6.45) is 8.85.